The fourth-order valence-electron chi connectivity index (χ4n) is 3.39. The fourth-order valence-corrected chi connectivity index (χ4v) is 3.39. The van der Waals surface area contributed by atoms with Gasteiger partial charge in [0.2, 0.25) is 11.8 Å². The quantitative estimate of drug-likeness (QED) is 0.789. The molecule has 0 aliphatic carbocycles. The molecule has 6 heteroatoms. The van der Waals surface area contributed by atoms with E-state index in [4.69, 9.17) is 5.73 Å². The third kappa shape index (κ3) is 6.29. The largest absolute Gasteiger partial charge is 0.339 e. The van der Waals surface area contributed by atoms with Crippen LogP contribution in [-0.2, 0) is 16.0 Å². The lowest BCUT2D eigenvalue weighted by Gasteiger charge is -2.38. The second-order valence-corrected chi connectivity index (χ2v) is 7.18. The van der Waals surface area contributed by atoms with Crippen LogP contribution in [0.5, 0.6) is 0 Å². The fraction of sp³-hybridized carbons (Fsp3) is 0.600. The summed E-state index contributed by atoms with van der Waals surface area (Å²) in [6.07, 6.45) is 3.92. The lowest BCUT2D eigenvalue weighted by atomic mass is 9.95. The standard InChI is InChI=1S/C20H31N3O2.ClH/c1-3-12-20(2,21)19(25)23-15-13-22(14-16-23)18(24)11-7-10-17-8-5-4-6-9-17;/h4-6,8-9H,3,7,10-16,21H2,1-2H3;1H. The van der Waals surface area contributed by atoms with E-state index in [1.807, 2.05) is 34.9 Å². The van der Waals surface area contributed by atoms with Crippen molar-refractivity contribution in [1.29, 1.82) is 0 Å². The number of carbonyl (C=O) groups is 2. The Kier molecular flexibility index (Phi) is 9.09. The van der Waals surface area contributed by atoms with E-state index in [2.05, 4.69) is 12.1 Å². The molecule has 1 saturated heterocycles. The molecule has 146 valence electrons. The van der Waals surface area contributed by atoms with E-state index in [1.165, 1.54) is 5.56 Å². The van der Waals surface area contributed by atoms with Crippen molar-refractivity contribution in [1.82, 2.24) is 9.80 Å². The first kappa shape index (κ1) is 22.5. The van der Waals surface area contributed by atoms with Crippen LogP contribution in [-0.4, -0.2) is 53.3 Å². The number of halogens is 1. The van der Waals surface area contributed by atoms with Gasteiger partial charge in [-0.1, -0.05) is 43.7 Å². The molecule has 1 aliphatic rings. The molecule has 2 N–H and O–H groups in total. The smallest absolute Gasteiger partial charge is 0.242 e. The normalized spacial score (nSPS) is 16.6. The van der Waals surface area contributed by atoms with Crippen LogP contribution in [0.3, 0.4) is 0 Å². The van der Waals surface area contributed by atoms with Crippen LogP contribution in [0.2, 0.25) is 0 Å². The average molecular weight is 382 g/mol. The Balaban J connectivity index is 0.00000338. The Morgan fingerprint density at radius 2 is 1.65 bits per heavy atom. The zero-order chi connectivity index (χ0) is 18.3. The number of carbonyl (C=O) groups excluding carboxylic acids is 2. The van der Waals surface area contributed by atoms with Crippen molar-refractivity contribution >= 4 is 24.2 Å². The highest BCUT2D eigenvalue weighted by Gasteiger charge is 2.33. The Hall–Kier alpha value is -1.59. The summed E-state index contributed by atoms with van der Waals surface area (Å²) in [5.74, 6) is 0.192. The van der Waals surface area contributed by atoms with Crippen molar-refractivity contribution in [3.8, 4) is 0 Å². The molecule has 2 amide bonds. The van der Waals surface area contributed by atoms with E-state index in [-0.39, 0.29) is 24.2 Å². The van der Waals surface area contributed by atoms with Crippen molar-refractivity contribution in [3.05, 3.63) is 35.9 Å². The minimum Gasteiger partial charge on any atom is -0.339 e. The molecule has 5 nitrogen and oxygen atoms in total. The summed E-state index contributed by atoms with van der Waals surface area (Å²) in [6.45, 7) is 6.22. The van der Waals surface area contributed by atoms with Gasteiger partial charge >= 0.3 is 0 Å². The minimum atomic E-state index is -0.795. The van der Waals surface area contributed by atoms with E-state index in [0.717, 1.165) is 19.3 Å². The Bertz CT molecular complexity index is 570. The zero-order valence-corrected chi connectivity index (χ0v) is 16.8. The number of hydrogen-bond donors (Lipinski definition) is 1. The molecule has 1 fully saturated rings. The van der Waals surface area contributed by atoms with Gasteiger partial charge in [-0.25, -0.2) is 0 Å². The summed E-state index contributed by atoms with van der Waals surface area (Å²) < 4.78 is 0. The van der Waals surface area contributed by atoms with Gasteiger partial charge in [-0.3, -0.25) is 9.59 Å². The number of piperazine rings is 1. The second-order valence-electron chi connectivity index (χ2n) is 7.18. The van der Waals surface area contributed by atoms with Crippen molar-refractivity contribution in [2.75, 3.05) is 26.2 Å². The highest BCUT2D eigenvalue weighted by molar-refractivity contribution is 5.86. The number of nitrogens with two attached hydrogens (primary N) is 1. The zero-order valence-electron chi connectivity index (χ0n) is 15.9. The average Bonchev–Trinajstić information content (AvgIpc) is 2.62. The summed E-state index contributed by atoms with van der Waals surface area (Å²) in [7, 11) is 0. The van der Waals surface area contributed by atoms with E-state index in [9.17, 15) is 9.59 Å². The van der Waals surface area contributed by atoms with Crippen LogP contribution in [0, 0.1) is 0 Å². The second kappa shape index (κ2) is 10.5. The van der Waals surface area contributed by atoms with Gasteiger partial charge in [0.25, 0.3) is 0 Å². The molecule has 1 aliphatic heterocycles. The predicted molar refractivity (Wildman–Crippen MR) is 107 cm³/mol. The first-order valence-corrected chi connectivity index (χ1v) is 9.34. The van der Waals surface area contributed by atoms with E-state index < -0.39 is 5.54 Å². The number of nitrogens with zero attached hydrogens (tertiary/aromatic N) is 2. The van der Waals surface area contributed by atoms with Crippen LogP contribution in [0.25, 0.3) is 0 Å². The first-order valence-electron chi connectivity index (χ1n) is 9.34. The van der Waals surface area contributed by atoms with Gasteiger partial charge in [0.1, 0.15) is 0 Å². The third-order valence-corrected chi connectivity index (χ3v) is 4.88. The molecule has 1 aromatic rings. The molecular formula is C20H32ClN3O2. The van der Waals surface area contributed by atoms with E-state index >= 15 is 0 Å². The maximum Gasteiger partial charge on any atom is 0.242 e. The molecule has 1 atom stereocenters. The van der Waals surface area contributed by atoms with E-state index in [0.29, 0.717) is 39.0 Å². The van der Waals surface area contributed by atoms with Gasteiger partial charge in [-0.15, -0.1) is 12.4 Å². The van der Waals surface area contributed by atoms with Crippen LogP contribution in [0.1, 0.15) is 45.1 Å². The van der Waals surface area contributed by atoms with Gasteiger partial charge in [-0.2, -0.15) is 0 Å². The molecule has 0 spiro atoms. The molecular weight excluding hydrogens is 350 g/mol. The summed E-state index contributed by atoms with van der Waals surface area (Å²) in [5.41, 5.74) is 6.62. The minimum absolute atomic E-state index is 0. The van der Waals surface area contributed by atoms with Crippen molar-refractivity contribution < 1.29 is 9.59 Å². The van der Waals surface area contributed by atoms with Gasteiger partial charge < -0.3 is 15.5 Å². The SMILES string of the molecule is CCCC(C)(N)C(=O)N1CCN(C(=O)CCCc2ccccc2)CC1.Cl. The Morgan fingerprint density at radius 3 is 2.23 bits per heavy atom. The number of benzene rings is 1. The lowest BCUT2D eigenvalue weighted by molar-refractivity contribution is -0.142. The Labute approximate surface area is 163 Å². The highest BCUT2D eigenvalue weighted by Crippen LogP contribution is 2.15. The topological polar surface area (TPSA) is 66.6 Å². The monoisotopic (exact) mass is 381 g/mol. The summed E-state index contributed by atoms with van der Waals surface area (Å²) >= 11 is 0. The van der Waals surface area contributed by atoms with Crippen molar-refractivity contribution in [2.24, 2.45) is 5.73 Å². The third-order valence-electron chi connectivity index (χ3n) is 4.88. The van der Waals surface area contributed by atoms with Gasteiger partial charge in [0.15, 0.2) is 0 Å². The maximum atomic E-state index is 12.5. The summed E-state index contributed by atoms with van der Waals surface area (Å²) in [5, 5.41) is 0. The molecule has 1 unspecified atom stereocenters. The molecule has 1 aromatic carbocycles. The highest BCUT2D eigenvalue weighted by atomic mass is 35.5. The van der Waals surface area contributed by atoms with Crippen molar-refractivity contribution in [3.63, 3.8) is 0 Å². The van der Waals surface area contributed by atoms with Crippen LogP contribution < -0.4 is 5.73 Å². The van der Waals surface area contributed by atoms with Crippen molar-refractivity contribution in [2.45, 2.75) is 51.5 Å². The lowest BCUT2D eigenvalue weighted by Crippen LogP contribution is -2.58. The summed E-state index contributed by atoms with van der Waals surface area (Å²) in [6, 6.07) is 10.2. The molecule has 2 rings (SSSR count). The number of rotatable bonds is 7. The molecule has 0 bridgehead atoms. The maximum absolute atomic E-state index is 12.5. The van der Waals surface area contributed by atoms with Crippen LogP contribution >= 0.6 is 12.4 Å². The summed E-state index contributed by atoms with van der Waals surface area (Å²) in [4.78, 5) is 28.6. The van der Waals surface area contributed by atoms with Crippen LogP contribution in [0.15, 0.2) is 30.3 Å². The molecule has 0 aromatic heterocycles. The first-order chi connectivity index (χ1) is 11.9. The Morgan fingerprint density at radius 1 is 1.08 bits per heavy atom. The van der Waals surface area contributed by atoms with E-state index in [1.54, 1.807) is 6.92 Å². The molecule has 1 heterocycles. The number of amides is 2. The predicted octanol–water partition coefficient (Wildman–Crippen LogP) is 2.62. The molecule has 0 radical (unpaired) electrons. The number of hydrogen-bond acceptors (Lipinski definition) is 3. The molecule has 0 saturated carbocycles. The molecule has 26 heavy (non-hydrogen) atoms. The van der Waals surface area contributed by atoms with Gasteiger partial charge in [0, 0.05) is 32.6 Å². The van der Waals surface area contributed by atoms with Crippen LogP contribution in [0.4, 0.5) is 0 Å². The van der Waals surface area contributed by atoms with Gasteiger partial charge in [0.05, 0.1) is 5.54 Å². The van der Waals surface area contributed by atoms with Gasteiger partial charge in [-0.05, 0) is 31.7 Å². The number of aryl methyl sites for hydroxylation is 1.